The molecule has 0 saturated carbocycles. The van der Waals surface area contributed by atoms with E-state index in [-0.39, 0.29) is 12.0 Å². The largest absolute Gasteiger partial charge is 0.469 e. The van der Waals surface area contributed by atoms with E-state index in [0.29, 0.717) is 0 Å². The number of aromatic nitrogens is 2. The molecule has 0 aromatic carbocycles. The molecule has 2 heterocycles. The highest BCUT2D eigenvalue weighted by Crippen LogP contribution is 2.51. The van der Waals surface area contributed by atoms with Gasteiger partial charge in [0.05, 0.1) is 18.4 Å². The number of aryl methyl sites for hydroxylation is 1. The van der Waals surface area contributed by atoms with Crippen LogP contribution in [0.4, 0.5) is 0 Å². The molecule has 1 aromatic heterocycles. The summed E-state index contributed by atoms with van der Waals surface area (Å²) < 4.78 is 39.5. The highest BCUT2D eigenvalue weighted by Gasteiger charge is 2.43. The number of rotatable bonds is 7. The first kappa shape index (κ1) is 22.2. The summed E-state index contributed by atoms with van der Waals surface area (Å²) in [5.74, 6) is 0. The molecular formula is C13H22N2O10P2. The van der Waals surface area contributed by atoms with Crippen LogP contribution in [0.25, 0.3) is 0 Å². The van der Waals surface area contributed by atoms with E-state index >= 15 is 0 Å². The van der Waals surface area contributed by atoms with Gasteiger partial charge in [0.25, 0.3) is 5.56 Å². The molecule has 1 unspecified atom stereocenters. The van der Waals surface area contributed by atoms with Crippen molar-refractivity contribution in [1.82, 2.24) is 9.55 Å². The van der Waals surface area contributed by atoms with Crippen molar-refractivity contribution in [3.8, 4) is 0 Å². The Morgan fingerprint density at radius 3 is 2.52 bits per heavy atom. The van der Waals surface area contributed by atoms with Crippen molar-refractivity contribution in [2.75, 3.05) is 6.61 Å². The minimum absolute atomic E-state index is 0.0716. The average Bonchev–Trinajstić information content (AvgIpc) is 2.90. The van der Waals surface area contributed by atoms with Crippen molar-refractivity contribution in [3.63, 3.8) is 0 Å². The van der Waals surface area contributed by atoms with Gasteiger partial charge in [0, 0.05) is 18.2 Å². The van der Waals surface area contributed by atoms with Crippen LogP contribution in [-0.2, 0) is 22.9 Å². The molecular weight excluding hydrogens is 406 g/mol. The van der Waals surface area contributed by atoms with Gasteiger partial charge in [0.2, 0.25) is 0 Å². The fourth-order valence-corrected chi connectivity index (χ4v) is 3.61. The second kappa shape index (κ2) is 8.10. The van der Waals surface area contributed by atoms with Crippen LogP contribution in [0.1, 0.15) is 32.1 Å². The summed E-state index contributed by atoms with van der Waals surface area (Å²) >= 11 is 0. The van der Waals surface area contributed by atoms with Crippen LogP contribution in [0.2, 0.25) is 0 Å². The number of nitrogens with zero attached hydrogens (tertiary/aromatic N) is 1. The number of phosphoric ester groups is 1. The van der Waals surface area contributed by atoms with Crippen LogP contribution in [0.3, 0.4) is 0 Å². The van der Waals surface area contributed by atoms with Crippen molar-refractivity contribution in [2.24, 2.45) is 0 Å². The Labute approximate surface area is 153 Å². The molecule has 154 valence electrons. The maximum absolute atomic E-state index is 12.2. The van der Waals surface area contributed by atoms with Crippen LogP contribution < -0.4 is 11.2 Å². The van der Waals surface area contributed by atoms with Gasteiger partial charge < -0.3 is 23.9 Å². The number of hydrogen-bond acceptors (Lipinski definition) is 7. The summed E-state index contributed by atoms with van der Waals surface area (Å²) in [6.07, 6.45) is -2.00. The van der Waals surface area contributed by atoms with Crippen LogP contribution in [0, 0.1) is 6.92 Å². The topological polar surface area (TPSA) is 177 Å². The molecule has 0 spiro atoms. The normalized spacial score (nSPS) is 25.7. The lowest BCUT2D eigenvalue weighted by atomic mass is 10.2. The van der Waals surface area contributed by atoms with Crippen molar-refractivity contribution >= 4 is 15.4 Å². The standard InChI is InChI=1S/C13H22N2O10P2/c1-7(2)26(18,19)25-9-4-11(24-10(9)6-23-27(20,21)22)15-5-8(3)12(16)14-13(15)17/h5,7,9-11H,4,6H2,1-3H3,(H,18,19)(H,14,16,17)(H2,20,21,22)/t9-,10+,11+/m0/s1. The van der Waals surface area contributed by atoms with Gasteiger partial charge >= 0.3 is 21.1 Å². The first-order chi connectivity index (χ1) is 12.3. The van der Waals surface area contributed by atoms with Crippen LogP contribution >= 0.6 is 15.4 Å². The Balaban J connectivity index is 2.29. The molecule has 1 fully saturated rings. The van der Waals surface area contributed by atoms with Gasteiger partial charge in [-0.3, -0.25) is 23.4 Å². The Kier molecular flexibility index (Phi) is 6.66. The van der Waals surface area contributed by atoms with E-state index in [1.54, 1.807) is 0 Å². The molecule has 14 heteroatoms. The summed E-state index contributed by atoms with van der Waals surface area (Å²) in [6, 6.07) is 0. The molecule has 1 aromatic rings. The summed E-state index contributed by atoms with van der Waals surface area (Å²) in [5.41, 5.74) is -1.82. The Morgan fingerprint density at radius 2 is 1.96 bits per heavy atom. The minimum Gasteiger partial charge on any atom is -0.349 e. The van der Waals surface area contributed by atoms with Crippen LogP contribution in [0.15, 0.2) is 15.8 Å². The van der Waals surface area contributed by atoms with E-state index in [9.17, 15) is 23.6 Å². The highest BCUT2D eigenvalue weighted by atomic mass is 31.2. The molecule has 12 nitrogen and oxygen atoms in total. The zero-order valence-corrected chi connectivity index (χ0v) is 16.6. The fourth-order valence-electron chi connectivity index (χ4n) is 2.42. The third-order valence-corrected chi connectivity index (χ3v) is 6.35. The lowest BCUT2D eigenvalue weighted by Gasteiger charge is -2.23. The molecule has 1 saturated heterocycles. The molecule has 4 N–H and O–H groups in total. The number of H-pyrrole nitrogens is 1. The molecule has 0 amide bonds. The molecule has 1 aliphatic heterocycles. The smallest absolute Gasteiger partial charge is 0.349 e. The first-order valence-corrected chi connectivity index (χ1v) is 11.2. The Bertz CT molecular complexity index is 888. The first-order valence-electron chi connectivity index (χ1n) is 7.98. The van der Waals surface area contributed by atoms with Gasteiger partial charge in [-0.15, -0.1) is 0 Å². The molecule has 0 bridgehead atoms. The van der Waals surface area contributed by atoms with E-state index in [4.69, 9.17) is 19.0 Å². The van der Waals surface area contributed by atoms with Gasteiger partial charge in [-0.1, -0.05) is 13.8 Å². The van der Waals surface area contributed by atoms with Gasteiger partial charge in [-0.25, -0.2) is 9.36 Å². The Morgan fingerprint density at radius 1 is 1.33 bits per heavy atom. The second-order valence-electron chi connectivity index (χ2n) is 6.43. The number of nitrogens with one attached hydrogen (secondary N) is 1. The third kappa shape index (κ3) is 5.69. The van der Waals surface area contributed by atoms with Crippen LogP contribution in [-0.4, -0.2) is 48.7 Å². The van der Waals surface area contributed by atoms with Gasteiger partial charge in [-0.05, 0) is 6.92 Å². The van der Waals surface area contributed by atoms with E-state index in [1.807, 2.05) is 0 Å². The van der Waals surface area contributed by atoms with Crippen molar-refractivity contribution < 1.29 is 37.6 Å². The van der Waals surface area contributed by atoms with Crippen molar-refractivity contribution in [1.29, 1.82) is 0 Å². The predicted octanol–water partition coefficient (Wildman–Crippen LogP) is 0.221. The zero-order chi connectivity index (χ0) is 20.6. The maximum Gasteiger partial charge on any atom is 0.469 e. The lowest BCUT2D eigenvalue weighted by molar-refractivity contribution is -0.0426. The van der Waals surface area contributed by atoms with E-state index in [0.717, 1.165) is 4.57 Å². The van der Waals surface area contributed by atoms with Crippen molar-refractivity contribution in [3.05, 3.63) is 32.6 Å². The second-order valence-corrected chi connectivity index (χ2v) is 10.0. The van der Waals surface area contributed by atoms with Crippen LogP contribution in [0.5, 0.6) is 0 Å². The van der Waals surface area contributed by atoms with Crippen molar-refractivity contribution in [2.45, 2.75) is 51.3 Å². The van der Waals surface area contributed by atoms with E-state index in [1.165, 1.54) is 27.0 Å². The van der Waals surface area contributed by atoms with E-state index in [2.05, 4.69) is 9.51 Å². The maximum atomic E-state index is 12.2. The van der Waals surface area contributed by atoms with Gasteiger partial charge in [0.15, 0.2) is 0 Å². The van der Waals surface area contributed by atoms with Gasteiger partial charge in [-0.2, -0.15) is 0 Å². The zero-order valence-electron chi connectivity index (χ0n) is 14.8. The number of aromatic amines is 1. The number of phosphoric acid groups is 1. The summed E-state index contributed by atoms with van der Waals surface area (Å²) in [6.45, 7) is 3.81. The summed E-state index contributed by atoms with van der Waals surface area (Å²) in [4.78, 5) is 53.3. The molecule has 1 aliphatic rings. The SMILES string of the molecule is Cc1cn([C@H]2C[C@H](OP(=O)(O)C(C)C)[C@@H](COP(=O)(O)O)O2)c(=O)[nH]c1=O. The quantitative estimate of drug-likeness (QED) is 0.439. The molecule has 0 radical (unpaired) electrons. The lowest BCUT2D eigenvalue weighted by Crippen LogP contribution is -2.33. The Hall–Kier alpha value is -1.10. The highest BCUT2D eigenvalue weighted by molar-refractivity contribution is 7.53. The third-order valence-electron chi connectivity index (χ3n) is 3.98. The minimum atomic E-state index is -4.81. The fraction of sp³-hybridized carbons (Fsp3) is 0.692. The predicted molar refractivity (Wildman–Crippen MR) is 92.4 cm³/mol. The molecule has 27 heavy (non-hydrogen) atoms. The molecule has 2 rings (SSSR count). The van der Waals surface area contributed by atoms with E-state index < -0.39 is 57.4 Å². The summed E-state index contributed by atoms with van der Waals surface area (Å²) in [5, 5.41) is 0. The number of hydrogen-bond donors (Lipinski definition) is 4. The monoisotopic (exact) mass is 428 g/mol. The number of ether oxygens (including phenoxy) is 1. The average molecular weight is 428 g/mol. The summed E-state index contributed by atoms with van der Waals surface area (Å²) in [7, 11) is -8.85. The molecule has 4 atom stereocenters. The molecule has 0 aliphatic carbocycles. The van der Waals surface area contributed by atoms with Gasteiger partial charge in [0.1, 0.15) is 12.3 Å².